The molecule has 1 aliphatic rings. The Morgan fingerprint density at radius 3 is 2.79 bits per heavy atom. The van der Waals surface area contributed by atoms with E-state index in [1.165, 1.54) is 31.6 Å². The van der Waals surface area contributed by atoms with Gasteiger partial charge in [-0.25, -0.2) is 0 Å². The van der Waals surface area contributed by atoms with Crippen molar-refractivity contribution in [3.63, 3.8) is 0 Å². The van der Waals surface area contributed by atoms with Gasteiger partial charge >= 0.3 is 0 Å². The van der Waals surface area contributed by atoms with Gasteiger partial charge in [0.15, 0.2) is 0 Å². The molecule has 1 N–H and O–H groups in total. The van der Waals surface area contributed by atoms with E-state index in [9.17, 15) is 0 Å². The first-order chi connectivity index (χ1) is 6.68. The van der Waals surface area contributed by atoms with E-state index in [0.29, 0.717) is 6.04 Å². The fourth-order valence-corrected chi connectivity index (χ4v) is 3.16. The molecule has 1 rings (SSSR count). The molecule has 0 spiro atoms. The summed E-state index contributed by atoms with van der Waals surface area (Å²) in [6, 6.07) is 0.618. The second kappa shape index (κ2) is 6.70. The molecule has 0 aromatic heterocycles. The maximum absolute atomic E-state index is 3.62. The van der Waals surface area contributed by atoms with Crippen molar-refractivity contribution in [3.05, 3.63) is 0 Å². The molecular weight excluding hydrogens is 192 g/mol. The summed E-state index contributed by atoms with van der Waals surface area (Å²) in [5.41, 5.74) is 0. The van der Waals surface area contributed by atoms with Crippen molar-refractivity contribution < 1.29 is 0 Å². The maximum Gasteiger partial charge on any atom is 0.0172 e. The van der Waals surface area contributed by atoms with Crippen LogP contribution in [0.4, 0.5) is 0 Å². The highest BCUT2D eigenvalue weighted by Crippen LogP contribution is 2.24. The van der Waals surface area contributed by atoms with E-state index in [2.05, 4.69) is 43.0 Å². The fraction of sp³-hybridized carbons (Fsp3) is 1.00. The highest BCUT2D eigenvalue weighted by Gasteiger charge is 2.14. The molecule has 1 aliphatic heterocycles. The van der Waals surface area contributed by atoms with Gasteiger partial charge < -0.3 is 10.2 Å². The van der Waals surface area contributed by atoms with E-state index in [4.69, 9.17) is 0 Å². The van der Waals surface area contributed by atoms with Gasteiger partial charge in [0.25, 0.3) is 0 Å². The van der Waals surface area contributed by atoms with E-state index in [1.54, 1.807) is 0 Å². The van der Waals surface area contributed by atoms with Gasteiger partial charge in [-0.3, -0.25) is 0 Å². The van der Waals surface area contributed by atoms with Crippen molar-refractivity contribution in [1.29, 1.82) is 0 Å². The Hall–Kier alpha value is 0.270. The molecule has 0 radical (unpaired) electrons. The Morgan fingerprint density at radius 2 is 2.21 bits per heavy atom. The third kappa shape index (κ3) is 5.23. The SMILES string of the molecule is CC(CN(C)C)NCC1CCCCS1. The normalized spacial score (nSPS) is 25.3. The minimum absolute atomic E-state index is 0.618. The number of hydrogen-bond donors (Lipinski definition) is 1. The van der Waals surface area contributed by atoms with Crippen LogP contribution in [0.25, 0.3) is 0 Å². The Balaban J connectivity index is 2.06. The third-order valence-electron chi connectivity index (χ3n) is 2.61. The van der Waals surface area contributed by atoms with Crippen molar-refractivity contribution in [2.45, 2.75) is 37.5 Å². The first-order valence-electron chi connectivity index (χ1n) is 5.68. The van der Waals surface area contributed by atoms with Crippen LogP contribution in [0, 0.1) is 0 Å². The molecule has 1 saturated heterocycles. The first-order valence-corrected chi connectivity index (χ1v) is 6.73. The lowest BCUT2D eigenvalue weighted by atomic mass is 10.2. The van der Waals surface area contributed by atoms with E-state index < -0.39 is 0 Å². The number of hydrogen-bond acceptors (Lipinski definition) is 3. The average Bonchev–Trinajstić information content (AvgIpc) is 2.15. The van der Waals surface area contributed by atoms with Crippen molar-refractivity contribution >= 4 is 11.8 Å². The molecule has 1 heterocycles. The minimum Gasteiger partial charge on any atom is -0.312 e. The largest absolute Gasteiger partial charge is 0.312 e. The van der Waals surface area contributed by atoms with Crippen LogP contribution < -0.4 is 5.32 Å². The van der Waals surface area contributed by atoms with Crippen LogP contribution in [0.2, 0.25) is 0 Å². The summed E-state index contributed by atoms with van der Waals surface area (Å²) in [4.78, 5) is 2.24. The average molecular weight is 216 g/mol. The zero-order chi connectivity index (χ0) is 10.4. The molecule has 1 fully saturated rings. The molecule has 0 aliphatic carbocycles. The van der Waals surface area contributed by atoms with E-state index in [0.717, 1.165) is 11.8 Å². The summed E-state index contributed by atoms with van der Waals surface area (Å²) in [6.07, 6.45) is 4.27. The van der Waals surface area contributed by atoms with Crippen LogP contribution in [-0.4, -0.2) is 49.1 Å². The van der Waals surface area contributed by atoms with Crippen LogP contribution in [0.15, 0.2) is 0 Å². The third-order valence-corrected chi connectivity index (χ3v) is 4.01. The Morgan fingerprint density at radius 1 is 1.43 bits per heavy atom. The van der Waals surface area contributed by atoms with Crippen LogP contribution in [0.3, 0.4) is 0 Å². The molecule has 2 nitrogen and oxygen atoms in total. The molecule has 84 valence electrons. The Labute approximate surface area is 92.8 Å². The lowest BCUT2D eigenvalue weighted by molar-refractivity contribution is 0.349. The Kier molecular flexibility index (Phi) is 5.90. The van der Waals surface area contributed by atoms with Crippen LogP contribution in [0.5, 0.6) is 0 Å². The van der Waals surface area contributed by atoms with E-state index >= 15 is 0 Å². The van der Waals surface area contributed by atoms with Gasteiger partial charge in [0.2, 0.25) is 0 Å². The molecule has 3 heteroatoms. The first kappa shape index (κ1) is 12.3. The number of rotatable bonds is 5. The molecule has 0 bridgehead atoms. The monoisotopic (exact) mass is 216 g/mol. The topological polar surface area (TPSA) is 15.3 Å². The highest BCUT2D eigenvalue weighted by atomic mass is 32.2. The van der Waals surface area contributed by atoms with Gasteiger partial charge in [-0.2, -0.15) is 11.8 Å². The zero-order valence-corrected chi connectivity index (χ0v) is 10.6. The highest BCUT2D eigenvalue weighted by molar-refractivity contribution is 7.99. The predicted octanol–water partition coefficient (Wildman–Crippen LogP) is 1.81. The minimum atomic E-state index is 0.618. The number of nitrogens with zero attached hydrogens (tertiary/aromatic N) is 1. The molecule has 0 amide bonds. The van der Waals surface area contributed by atoms with Gasteiger partial charge in [0.1, 0.15) is 0 Å². The number of nitrogens with one attached hydrogen (secondary N) is 1. The van der Waals surface area contributed by atoms with Crippen molar-refractivity contribution in [3.8, 4) is 0 Å². The smallest absolute Gasteiger partial charge is 0.0172 e. The summed E-state index contributed by atoms with van der Waals surface area (Å²) in [6.45, 7) is 4.60. The molecule has 2 unspecified atom stereocenters. The number of thioether (sulfide) groups is 1. The van der Waals surface area contributed by atoms with Crippen LogP contribution >= 0.6 is 11.8 Å². The number of likely N-dealkylation sites (N-methyl/N-ethyl adjacent to an activating group) is 1. The van der Waals surface area contributed by atoms with Crippen molar-refractivity contribution in [2.24, 2.45) is 0 Å². The summed E-state index contributed by atoms with van der Waals surface area (Å²) in [5.74, 6) is 1.37. The second-order valence-electron chi connectivity index (χ2n) is 4.56. The summed E-state index contributed by atoms with van der Waals surface area (Å²) in [5, 5.41) is 4.49. The lowest BCUT2D eigenvalue weighted by Gasteiger charge is -2.25. The summed E-state index contributed by atoms with van der Waals surface area (Å²) < 4.78 is 0. The maximum atomic E-state index is 3.62. The van der Waals surface area contributed by atoms with Gasteiger partial charge in [0, 0.05) is 24.4 Å². The predicted molar refractivity (Wildman–Crippen MR) is 66.1 cm³/mol. The molecule has 14 heavy (non-hydrogen) atoms. The van der Waals surface area contributed by atoms with E-state index in [1.807, 2.05) is 0 Å². The summed E-state index contributed by atoms with van der Waals surface area (Å²) in [7, 11) is 4.26. The molecular formula is C11H24N2S. The lowest BCUT2D eigenvalue weighted by Crippen LogP contribution is -2.39. The standard InChI is InChI=1S/C11H24N2S/c1-10(9-13(2)3)12-8-11-6-4-5-7-14-11/h10-12H,4-9H2,1-3H3. The molecule has 0 aromatic rings. The molecule has 0 saturated carbocycles. The van der Waals surface area contributed by atoms with Gasteiger partial charge in [-0.15, -0.1) is 0 Å². The fourth-order valence-electron chi connectivity index (χ4n) is 1.91. The molecule has 2 atom stereocenters. The van der Waals surface area contributed by atoms with Crippen molar-refractivity contribution in [1.82, 2.24) is 10.2 Å². The molecule has 0 aromatic carbocycles. The zero-order valence-electron chi connectivity index (χ0n) is 9.75. The van der Waals surface area contributed by atoms with Gasteiger partial charge in [0.05, 0.1) is 0 Å². The van der Waals surface area contributed by atoms with Gasteiger partial charge in [-0.1, -0.05) is 6.42 Å². The second-order valence-corrected chi connectivity index (χ2v) is 5.97. The Bertz CT molecular complexity index is 144. The van der Waals surface area contributed by atoms with Crippen LogP contribution in [0.1, 0.15) is 26.2 Å². The quantitative estimate of drug-likeness (QED) is 0.754. The van der Waals surface area contributed by atoms with Crippen molar-refractivity contribution in [2.75, 3.05) is 32.9 Å². The summed E-state index contributed by atoms with van der Waals surface area (Å²) >= 11 is 2.15. The van der Waals surface area contributed by atoms with E-state index in [-0.39, 0.29) is 0 Å². The van der Waals surface area contributed by atoms with Gasteiger partial charge in [-0.05, 0) is 39.6 Å². The van der Waals surface area contributed by atoms with Crippen LogP contribution in [-0.2, 0) is 0 Å².